The molecular formula is C9H15N5OS. The lowest BCUT2D eigenvalue weighted by molar-refractivity contribution is -0.117. The first kappa shape index (κ1) is 11.4. The summed E-state index contributed by atoms with van der Waals surface area (Å²) in [6.07, 6.45) is 2.44. The molecule has 1 aromatic heterocycles. The molecule has 0 aromatic carbocycles. The molecule has 0 aliphatic carbocycles. The number of thioether (sulfide) groups is 1. The highest BCUT2D eigenvalue weighted by atomic mass is 32.2. The van der Waals surface area contributed by atoms with Crippen LogP contribution in [0.15, 0.2) is 5.16 Å². The fraction of sp³-hybridized carbons (Fsp3) is 0.667. The van der Waals surface area contributed by atoms with Crippen LogP contribution in [0.3, 0.4) is 0 Å². The third-order valence-electron chi connectivity index (χ3n) is 2.67. The Hall–Kier alpha value is -1.08. The number of carbonyl (C=O) groups is 1. The second kappa shape index (κ2) is 4.42. The van der Waals surface area contributed by atoms with Crippen molar-refractivity contribution in [2.24, 2.45) is 18.7 Å². The molecule has 0 radical (unpaired) electrons. The summed E-state index contributed by atoms with van der Waals surface area (Å²) in [6.45, 7) is 1.16. The van der Waals surface area contributed by atoms with Crippen LogP contribution in [0.1, 0.15) is 6.42 Å². The lowest BCUT2D eigenvalue weighted by atomic mass is 10.1. The average Bonchev–Trinajstić information content (AvgIpc) is 2.81. The highest BCUT2D eigenvalue weighted by molar-refractivity contribution is 7.98. The number of nitrogens with two attached hydrogens (primary N) is 1. The number of anilines is 1. The number of hydrogen-bond donors (Lipinski definition) is 1. The van der Waals surface area contributed by atoms with E-state index in [1.54, 1.807) is 9.58 Å². The predicted molar refractivity (Wildman–Crippen MR) is 62.3 cm³/mol. The molecule has 2 N–H and O–H groups in total. The molecule has 0 spiro atoms. The lowest BCUT2D eigenvalue weighted by Crippen LogP contribution is -2.26. The fourth-order valence-electron chi connectivity index (χ4n) is 1.78. The van der Waals surface area contributed by atoms with Gasteiger partial charge < -0.3 is 5.73 Å². The number of hydrogen-bond acceptors (Lipinski definition) is 5. The summed E-state index contributed by atoms with van der Waals surface area (Å²) in [5.41, 5.74) is 5.57. The summed E-state index contributed by atoms with van der Waals surface area (Å²) < 4.78 is 1.68. The summed E-state index contributed by atoms with van der Waals surface area (Å²) >= 11 is 1.51. The Morgan fingerprint density at radius 2 is 2.38 bits per heavy atom. The van der Waals surface area contributed by atoms with Gasteiger partial charge in [-0.3, -0.25) is 9.69 Å². The first-order valence-electron chi connectivity index (χ1n) is 5.11. The maximum atomic E-state index is 11.7. The molecule has 0 bridgehead atoms. The Bertz CT molecular complexity index is 405. The summed E-state index contributed by atoms with van der Waals surface area (Å²) in [5.74, 6) is 0.788. The Kier molecular flexibility index (Phi) is 3.15. The molecule has 1 atom stereocenters. The molecule has 1 saturated heterocycles. The molecule has 1 amide bonds. The summed E-state index contributed by atoms with van der Waals surface area (Å²) in [5, 5.41) is 5.04. The molecule has 1 aliphatic rings. The van der Waals surface area contributed by atoms with E-state index in [0.29, 0.717) is 25.5 Å². The van der Waals surface area contributed by atoms with Gasteiger partial charge in [0, 0.05) is 20.0 Å². The minimum atomic E-state index is 0.0636. The number of aromatic nitrogens is 3. The molecule has 88 valence electrons. The highest BCUT2D eigenvalue weighted by Gasteiger charge is 2.32. The van der Waals surface area contributed by atoms with Crippen molar-refractivity contribution in [1.29, 1.82) is 0 Å². The Morgan fingerprint density at radius 1 is 1.62 bits per heavy atom. The van der Waals surface area contributed by atoms with Crippen LogP contribution in [0.25, 0.3) is 0 Å². The standard InChI is InChI=1S/C9H15N5OS/c1-13-9(16-2)11-8(12-13)14-5-6(4-10)3-7(14)15/h6H,3-5,10H2,1-2H3. The van der Waals surface area contributed by atoms with E-state index >= 15 is 0 Å². The monoisotopic (exact) mass is 241 g/mol. The van der Waals surface area contributed by atoms with Gasteiger partial charge in [-0.25, -0.2) is 4.68 Å². The van der Waals surface area contributed by atoms with Gasteiger partial charge in [0.15, 0.2) is 5.16 Å². The lowest BCUT2D eigenvalue weighted by Gasteiger charge is -2.10. The first-order valence-corrected chi connectivity index (χ1v) is 6.33. The first-order chi connectivity index (χ1) is 7.65. The van der Waals surface area contributed by atoms with Crippen molar-refractivity contribution in [3.05, 3.63) is 0 Å². The summed E-state index contributed by atoms with van der Waals surface area (Å²) in [7, 11) is 1.82. The van der Waals surface area contributed by atoms with Crippen LogP contribution in [0.5, 0.6) is 0 Å². The number of nitrogens with zero attached hydrogens (tertiary/aromatic N) is 4. The van der Waals surface area contributed by atoms with Crippen molar-refractivity contribution < 1.29 is 4.79 Å². The molecule has 1 fully saturated rings. The minimum absolute atomic E-state index is 0.0636. The molecule has 1 aliphatic heterocycles. The van der Waals surface area contributed by atoms with Gasteiger partial charge >= 0.3 is 0 Å². The fourth-order valence-corrected chi connectivity index (χ4v) is 2.26. The third-order valence-corrected chi connectivity index (χ3v) is 3.40. The zero-order chi connectivity index (χ0) is 11.7. The molecule has 0 saturated carbocycles. The van der Waals surface area contributed by atoms with Crippen molar-refractivity contribution in [2.45, 2.75) is 11.6 Å². The quantitative estimate of drug-likeness (QED) is 0.745. The second-order valence-corrected chi connectivity index (χ2v) is 4.61. The number of aryl methyl sites for hydroxylation is 1. The minimum Gasteiger partial charge on any atom is -0.330 e. The van der Waals surface area contributed by atoms with E-state index in [-0.39, 0.29) is 11.8 Å². The molecule has 2 rings (SSSR count). The van der Waals surface area contributed by atoms with E-state index in [9.17, 15) is 4.79 Å². The molecule has 2 heterocycles. The third kappa shape index (κ3) is 1.92. The van der Waals surface area contributed by atoms with Crippen LogP contribution in [-0.2, 0) is 11.8 Å². The van der Waals surface area contributed by atoms with Gasteiger partial charge in [0.1, 0.15) is 0 Å². The van der Waals surface area contributed by atoms with Crippen LogP contribution < -0.4 is 10.6 Å². The summed E-state index contributed by atoms with van der Waals surface area (Å²) in [6, 6.07) is 0. The predicted octanol–water partition coefficient (Wildman–Crippen LogP) is -0.151. The number of rotatable bonds is 3. The molecule has 6 nitrogen and oxygen atoms in total. The van der Waals surface area contributed by atoms with Gasteiger partial charge in [-0.05, 0) is 18.7 Å². The normalized spacial score (nSPS) is 20.8. The van der Waals surface area contributed by atoms with Crippen LogP contribution in [-0.4, -0.2) is 40.0 Å². The molecule has 1 unspecified atom stereocenters. The van der Waals surface area contributed by atoms with Crippen molar-refractivity contribution in [1.82, 2.24) is 14.8 Å². The van der Waals surface area contributed by atoms with E-state index < -0.39 is 0 Å². The van der Waals surface area contributed by atoms with E-state index in [0.717, 1.165) is 5.16 Å². The zero-order valence-corrected chi connectivity index (χ0v) is 10.2. The Morgan fingerprint density at radius 3 is 2.88 bits per heavy atom. The maximum Gasteiger partial charge on any atom is 0.252 e. The average molecular weight is 241 g/mol. The summed E-state index contributed by atoms with van der Waals surface area (Å²) in [4.78, 5) is 17.7. The van der Waals surface area contributed by atoms with Crippen LogP contribution in [0, 0.1) is 5.92 Å². The number of carbonyl (C=O) groups excluding carboxylic acids is 1. The molecular weight excluding hydrogens is 226 g/mol. The molecule has 1 aromatic rings. The highest BCUT2D eigenvalue weighted by Crippen LogP contribution is 2.23. The molecule has 16 heavy (non-hydrogen) atoms. The maximum absolute atomic E-state index is 11.7. The van der Waals surface area contributed by atoms with Gasteiger partial charge in [-0.1, -0.05) is 11.8 Å². The Labute approximate surface area is 98.2 Å². The SMILES string of the molecule is CSc1nc(N2CC(CN)CC2=O)nn1C. The second-order valence-electron chi connectivity index (χ2n) is 3.83. The van der Waals surface area contributed by atoms with E-state index in [2.05, 4.69) is 10.1 Å². The van der Waals surface area contributed by atoms with Crippen molar-refractivity contribution >= 4 is 23.6 Å². The van der Waals surface area contributed by atoms with E-state index in [1.165, 1.54) is 11.8 Å². The van der Waals surface area contributed by atoms with Gasteiger partial charge in [0.05, 0.1) is 0 Å². The van der Waals surface area contributed by atoms with Gasteiger partial charge in [0.25, 0.3) is 5.95 Å². The Balaban J connectivity index is 2.21. The van der Waals surface area contributed by atoms with Crippen molar-refractivity contribution in [3.63, 3.8) is 0 Å². The van der Waals surface area contributed by atoms with Crippen LogP contribution in [0.4, 0.5) is 5.95 Å². The van der Waals surface area contributed by atoms with Crippen LogP contribution >= 0.6 is 11.8 Å². The largest absolute Gasteiger partial charge is 0.330 e. The molecule has 7 heteroatoms. The smallest absolute Gasteiger partial charge is 0.252 e. The topological polar surface area (TPSA) is 77.0 Å². The van der Waals surface area contributed by atoms with E-state index in [4.69, 9.17) is 5.73 Å². The van der Waals surface area contributed by atoms with Gasteiger partial charge in [-0.2, -0.15) is 4.98 Å². The van der Waals surface area contributed by atoms with Crippen molar-refractivity contribution in [2.75, 3.05) is 24.2 Å². The van der Waals surface area contributed by atoms with Gasteiger partial charge in [0.2, 0.25) is 5.91 Å². The van der Waals surface area contributed by atoms with Crippen molar-refractivity contribution in [3.8, 4) is 0 Å². The van der Waals surface area contributed by atoms with Crippen LogP contribution in [0.2, 0.25) is 0 Å². The number of amides is 1. The zero-order valence-electron chi connectivity index (χ0n) is 9.38. The van der Waals surface area contributed by atoms with Gasteiger partial charge in [-0.15, -0.1) is 5.10 Å². The van der Waals surface area contributed by atoms with E-state index in [1.807, 2.05) is 13.3 Å².